The first-order valence-electron chi connectivity index (χ1n) is 22.7. The van der Waals surface area contributed by atoms with Gasteiger partial charge in [0.1, 0.15) is 65.5 Å². The number of aliphatic hydroxyl groups is 1. The van der Waals surface area contributed by atoms with Crippen LogP contribution < -0.4 is 31.0 Å². The Morgan fingerprint density at radius 3 is 1.99 bits per heavy atom. The third-order valence-corrected chi connectivity index (χ3v) is 13.5. The number of sulfonamides is 1. The van der Waals surface area contributed by atoms with Crippen LogP contribution in [-0.2, 0) is 39.8 Å². The summed E-state index contributed by atoms with van der Waals surface area (Å²) in [5, 5.41) is 25.1. The minimum atomic E-state index is -5.29. The molecule has 7 rings (SSSR count). The highest BCUT2D eigenvalue weighted by atomic mass is 32.2. The highest BCUT2D eigenvalue weighted by Crippen LogP contribution is 2.39. The van der Waals surface area contributed by atoms with Crippen LogP contribution in [0.3, 0.4) is 0 Å². The number of anilines is 1. The molecule has 6 N–H and O–H groups in total. The van der Waals surface area contributed by atoms with Gasteiger partial charge in [0.05, 0.1) is 23.6 Å². The number of carbonyl (C=O) groups is 3. The molecule has 2 amide bonds. The molecule has 1 fully saturated rings. The van der Waals surface area contributed by atoms with Crippen LogP contribution in [0.15, 0.2) is 126 Å². The fourth-order valence-corrected chi connectivity index (χ4v) is 9.99. The lowest BCUT2D eigenvalue weighted by Crippen LogP contribution is -2.52. The number of phosphoric acid groups is 1. The number of nitrogens with zero attached hydrogens (tertiary/aromatic N) is 1. The summed E-state index contributed by atoms with van der Waals surface area (Å²) in [6.07, 6.45) is -2.61. The van der Waals surface area contributed by atoms with Crippen molar-refractivity contribution < 1.29 is 79.7 Å². The van der Waals surface area contributed by atoms with Gasteiger partial charge >= 0.3 is 13.8 Å². The second kappa shape index (κ2) is 23.8. The average molecular weight is 1050 g/mol. The molecule has 1 aliphatic rings. The van der Waals surface area contributed by atoms with Gasteiger partial charge in [0.15, 0.2) is 16.6 Å². The molecule has 6 aromatic rings. The lowest BCUT2D eigenvalue weighted by atomic mass is 10.0. The Bertz CT molecular complexity index is 3210. The van der Waals surface area contributed by atoms with E-state index in [0.29, 0.717) is 25.2 Å². The summed E-state index contributed by atoms with van der Waals surface area (Å²) in [6.45, 7) is 2.36. The number of ether oxygens (including phenoxy) is 4. The van der Waals surface area contributed by atoms with Crippen molar-refractivity contribution in [2.24, 2.45) is 5.92 Å². The number of benzene rings is 4. The molecule has 0 bridgehead atoms. The maximum Gasteiger partial charge on any atom is 0.469 e. The van der Waals surface area contributed by atoms with Crippen LogP contribution in [0.5, 0.6) is 11.5 Å². The zero-order valence-electron chi connectivity index (χ0n) is 39.3. The molecule has 2 aromatic heterocycles. The third kappa shape index (κ3) is 14.5. The van der Waals surface area contributed by atoms with Gasteiger partial charge in [-0.2, -0.15) is 4.31 Å². The van der Waals surface area contributed by atoms with Crippen LogP contribution in [0.4, 0.5) is 5.69 Å². The van der Waals surface area contributed by atoms with Gasteiger partial charge in [0.25, 0.3) is 5.91 Å². The molecule has 0 spiro atoms. The number of carboxylic acid groups (broad SMARTS) is 1. The normalized spacial score (nSPS) is 15.3. The van der Waals surface area contributed by atoms with Gasteiger partial charge in [-0.1, -0.05) is 56.3 Å². The van der Waals surface area contributed by atoms with Crippen LogP contribution in [-0.4, -0.2) is 121 Å². The van der Waals surface area contributed by atoms with E-state index < -0.39 is 96.0 Å². The smallest absolute Gasteiger partial charge is 0.469 e. The van der Waals surface area contributed by atoms with E-state index in [1.165, 1.54) is 60.7 Å². The number of aliphatic hydroxyl groups excluding tert-OH is 1. The van der Waals surface area contributed by atoms with Crippen LogP contribution in [0, 0.1) is 5.92 Å². The van der Waals surface area contributed by atoms with E-state index in [-0.39, 0.29) is 75.6 Å². The first kappa shape index (κ1) is 54.0. The minimum Gasteiger partial charge on any atom is -0.490 e. The summed E-state index contributed by atoms with van der Waals surface area (Å²) in [5.74, 6) is -4.16. The number of aromatic carboxylic acids is 1. The lowest BCUT2D eigenvalue weighted by molar-refractivity contribution is -0.129. The standard InChI is InChI=1S/C49H52N3O19PS/c1-29(2)23-52(24-44(71-72(60,61)62)35(20-30-8-4-3-5-9-30)51-45(56)28-66-33-18-19-65-27-33)73(63,64)34-16-14-31(15-17-34)50-48(57)42-21-36(54)46-38(10-6-12-40(46)69-42)67-25-32(53)26-68-39-11-7-13-41-47(39)37(55)22-43(70-41)49(58)59/h3-17,21-22,29,32-33,35,44,53H,18-20,23-28H2,1-2H3,(H,50,57)(H,51,56)(H,58,59)(H2,60,61,62)/t32?,33?,35-,44+/m0/s1. The maximum absolute atomic E-state index is 14.4. The Labute approximate surface area is 416 Å². The largest absolute Gasteiger partial charge is 0.490 e. The zero-order valence-corrected chi connectivity index (χ0v) is 41.0. The number of hydrogen-bond acceptors (Lipinski definition) is 16. The van der Waals surface area contributed by atoms with E-state index in [1.54, 1.807) is 44.2 Å². The minimum absolute atomic E-state index is 0.0000540. The summed E-state index contributed by atoms with van der Waals surface area (Å²) in [4.78, 5) is 84.0. The molecule has 0 aliphatic carbocycles. The Balaban J connectivity index is 1.03. The fourth-order valence-electron chi connectivity index (χ4n) is 7.80. The summed E-state index contributed by atoms with van der Waals surface area (Å²) < 4.78 is 80.9. The first-order valence-corrected chi connectivity index (χ1v) is 25.7. The van der Waals surface area contributed by atoms with Crippen molar-refractivity contribution in [1.29, 1.82) is 0 Å². The maximum atomic E-state index is 14.4. The van der Waals surface area contributed by atoms with Crippen LogP contribution in [0.2, 0.25) is 0 Å². The van der Waals surface area contributed by atoms with E-state index in [1.807, 2.05) is 0 Å². The van der Waals surface area contributed by atoms with Gasteiger partial charge in [-0.25, -0.2) is 17.8 Å². The molecule has 73 heavy (non-hydrogen) atoms. The molecule has 24 heteroatoms. The van der Waals surface area contributed by atoms with Crippen molar-refractivity contribution in [3.05, 3.63) is 141 Å². The molecule has 0 saturated carbocycles. The van der Waals surface area contributed by atoms with Crippen LogP contribution >= 0.6 is 7.82 Å². The molecule has 22 nitrogen and oxygen atoms in total. The van der Waals surface area contributed by atoms with E-state index in [0.717, 1.165) is 16.4 Å². The monoisotopic (exact) mass is 1050 g/mol. The van der Waals surface area contributed by atoms with Crippen LogP contribution in [0.25, 0.3) is 21.9 Å². The molecule has 1 aliphatic heterocycles. The lowest BCUT2D eigenvalue weighted by Gasteiger charge is -2.33. The average Bonchev–Trinajstić information content (AvgIpc) is 3.87. The van der Waals surface area contributed by atoms with E-state index in [9.17, 15) is 57.0 Å². The number of phosphoric ester groups is 1. The van der Waals surface area contributed by atoms with Crippen molar-refractivity contribution >= 4 is 63.3 Å². The number of carboxylic acids is 1. The molecule has 388 valence electrons. The Hall–Kier alpha value is -6.79. The Kier molecular flexibility index (Phi) is 17.6. The fraction of sp³-hybridized carbons (Fsp3) is 0.327. The predicted octanol–water partition coefficient (Wildman–Crippen LogP) is 4.33. The SMILES string of the molecule is CC(C)CN(C[C@@H](OP(=O)(O)O)[C@H](Cc1ccccc1)NC(=O)COC1CCOC1)S(=O)(=O)c1ccc(NC(=O)c2cc(=O)c3c(OCC(O)COc4cccc5oc(C(=O)O)cc(=O)c45)cccc3o2)cc1. The van der Waals surface area contributed by atoms with Gasteiger partial charge in [-0.3, -0.25) is 23.7 Å². The second-order valence-corrected chi connectivity index (χ2v) is 20.4. The molecule has 4 aromatic carbocycles. The molecule has 1 saturated heterocycles. The van der Waals surface area contributed by atoms with Gasteiger partial charge in [0, 0.05) is 37.5 Å². The van der Waals surface area contributed by atoms with Gasteiger partial charge < -0.3 is 58.4 Å². The summed E-state index contributed by atoms with van der Waals surface area (Å²) in [6, 6.07) is 22.9. The summed E-state index contributed by atoms with van der Waals surface area (Å²) in [7, 11) is -9.76. The van der Waals surface area contributed by atoms with Gasteiger partial charge in [-0.15, -0.1) is 0 Å². The first-order chi connectivity index (χ1) is 34.7. The molecule has 3 heterocycles. The molecule has 4 atom stereocenters. The topological polar surface area (TPSA) is 317 Å². The highest BCUT2D eigenvalue weighted by molar-refractivity contribution is 7.89. The van der Waals surface area contributed by atoms with E-state index in [4.69, 9.17) is 32.3 Å². The zero-order chi connectivity index (χ0) is 52.5. The van der Waals surface area contributed by atoms with E-state index in [2.05, 4.69) is 10.6 Å². The predicted molar refractivity (Wildman–Crippen MR) is 261 cm³/mol. The number of amides is 2. The Morgan fingerprint density at radius 2 is 1.42 bits per heavy atom. The van der Waals surface area contributed by atoms with Crippen molar-refractivity contribution in [3.63, 3.8) is 0 Å². The molecule has 0 radical (unpaired) electrons. The molecular formula is C49H52N3O19PS. The quantitative estimate of drug-likeness (QED) is 0.0460. The summed E-state index contributed by atoms with van der Waals surface area (Å²) in [5.41, 5.74) is -0.671. The number of rotatable bonds is 24. The second-order valence-electron chi connectivity index (χ2n) is 17.3. The highest BCUT2D eigenvalue weighted by Gasteiger charge is 2.37. The van der Waals surface area contributed by atoms with Crippen LogP contribution in [0.1, 0.15) is 46.9 Å². The molecule has 2 unspecified atom stereocenters. The van der Waals surface area contributed by atoms with Crippen molar-refractivity contribution in [1.82, 2.24) is 9.62 Å². The van der Waals surface area contributed by atoms with Gasteiger partial charge in [0.2, 0.25) is 21.7 Å². The van der Waals surface area contributed by atoms with Crippen molar-refractivity contribution in [2.75, 3.05) is 51.4 Å². The number of nitrogens with one attached hydrogen (secondary N) is 2. The number of hydrogen-bond donors (Lipinski definition) is 6. The number of carbonyl (C=O) groups excluding carboxylic acids is 2. The van der Waals surface area contributed by atoms with E-state index >= 15 is 0 Å². The third-order valence-electron chi connectivity index (χ3n) is 11.1. The van der Waals surface area contributed by atoms with Crippen molar-refractivity contribution in [3.8, 4) is 11.5 Å². The van der Waals surface area contributed by atoms with Gasteiger partial charge in [-0.05, 0) is 72.9 Å². The van der Waals surface area contributed by atoms with Crippen molar-refractivity contribution in [2.45, 2.75) is 55.9 Å². The number of fused-ring (bicyclic) bond motifs is 2. The Morgan fingerprint density at radius 1 is 0.822 bits per heavy atom. The molecular weight excluding hydrogens is 998 g/mol. The summed E-state index contributed by atoms with van der Waals surface area (Å²) >= 11 is 0.